The number of rotatable bonds is 8. The van der Waals surface area contributed by atoms with Crippen molar-refractivity contribution < 1.29 is 9.53 Å². The first-order valence-corrected chi connectivity index (χ1v) is 9.63. The molecule has 0 atom stereocenters. The standard InChI is InChI=1S/C22H28N4O2/c1-4-26-17(2)20(15-24-26)14-23-22(27)25(12-13-28-3)16-19-10-7-9-18-8-5-6-11-21(18)19/h5-11,15H,4,12-14,16H2,1-3H3,(H,23,27). The maximum absolute atomic E-state index is 12.9. The molecule has 0 radical (unpaired) electrons. The van der Waals surface area contributed by atoms with Gasteiger partial charge in [0.2, 0.25) is 0 Å². The first-order chi connectivity index (χ1) is 13.6. The van der Waals surface area contributed by atoms with Gasteiger partial charge < -0.3 is 15.0 Å². The monoisotopic (exact) mass is 380 g/mol. The molecule has 0 fully saturated rings. The van der Waals surface area contributed by atoms with Gasteiger partial charge in [0, 0.05) is 44.5 Å². The molecular formula is C22H28N4O2. The predicted octanol–water partition coefficient (Wildman–Crippen LogP) is 3.72. The van der Waals surface area contributed by atoms with Crippen molar-refractivity contribution >= 4 is 16.8 Å². The van der Waals surface area contributed by atoms with Crippen LogP contribution in [0, 0.1) is 6.92 Å². The third kappa shape index (κ3) is 4.51. The summed E-state index contributed by atoms with van der Waals surface area (Å²) in [7, 11) is 1.65. The Labute approximate surface area is 166 Å². The summed E-state index contributed by atoms with van der Waals surface area (Å²) in [5.41, 5.74) is 3.24. The Kier molecular flexibility index (Phi) is 6.66. The molecule has 0 spiro atoms. The van der Waals surface area contributed by atoms with E-state index < -0.39 is 0 Å². The zero-order chi connectivity index (χ0) is 19.9. The smallest absolute Gasteiger partial charge is 0.318 e. The molecule has 0 saturated carbocycles. The molecule has 1 heterocycles. The molecule has 0 bridgehead atoms. The van der Waals surface area contributed by atoms with Crippen LogP contribution in [0.15, 0.2) is 48.7 Å². The lowest BCUT2D eigenvalue weighted by atomic mass is 10.0. The number of hydrogen-bond acceptors (Lipinski definition) is 3. The van der Waals surface area contributed by atoms with E-state index >= 15 is 0 Å². The number of aryl methyl sites for hydroxylation is 1. The molecule has 0 aliphatic rings. The van der Waals surface area contributed by atoms with Gasteiger partial charge in [-0.25, -0.2) is 4.79 Å². The van der Waals surface area contributed by atoms with Crippen LogP contribution >= 0.6 is 0 Å². The highest BCUT2D eigenvalue weighted by molar-refractivity contribution is 5.86. The zero-order valence-corrected chi connectivity index (χ0v) is 16.8. The second-order valence-electron chi connectivity index (χ2n) is 6.78. The first-order valence-electron chi connectivity index (χ1n) is 9.63. The molecule has 3 rings (SSSR count). The molecule has 0 aliphatic carbocycles. The van der Waals surface area contributed by atoms with Crippen molar-refractivity contribution in [3.05, 3.63) is 65.5 Å². The van der Waals surface area contributed by atoms with Crippen LogP contribution < -0.4 is 5.32 Å². The number of carbonyl (C=O) groups excluding carboxylic acids is 1. The van der Waals surface area contributed by atoms with Crippen molar-refractivity contribution in [2.24, 2.45) is 0 Å². The van der Waals surface area contributed by atoms with Crippen LogP contribution in [0.4, 0.5) is 4.79 Å². The van der Waals surface area contributed by atoms with E-state index in [-0.39, 0.29) is 6.03 Å². The topological polar surface area (TPSA) is 59.4 Å². The van der Waals surface area contributed by atoms with Crippen LogP contribution in [0.5, 0.6) is 0 Å². The van der Waals surface area contributed by atoms with Crippen LogP contribution in [-0.2, 0) is 24.4 Å². The number of methoxy groups -OCH3 is 1. The molecule has 2 amide bonds. The largest absolute Gasteiger partial charge is 0.383 e. The van der Waals surface area contributed by atoms with Crippen LogP contribution in [0.1, 0.15) is 23.7 Å². The summed E-state index contributed by atoms with van der Waals surface area (Å²) in [6, 6.07) is 14.3. The van der Waals surface area contributed by atoms with Gasteiger partial charge in [0.05, 0.1) is 12.8 Å². The van der Waals surface area contributed by atoms with Gasteiger partial charge in [-0.2, -0.15) is 5.10 Å². The van der Waals surface area contributed by atoms with E-state index in [1.807, 2.05) is 36.0 Å². The van der Waals surface area contributed by atoms with Crippen LogP contribution in [0.3, 0.4) is 0 Å². The average molecular weight is 380 g/mol. The van der Waals surface area contributed by atoms with E-state index in [0.717, 1.165) is 23.4 Å². The van der Waals surface area contributed by atoms with E-state index in [2.05, 4.69) is 41.6 Å². The van der Waals surface area contributed by atoms with E-state index in [9.17, 15) is 4.79 Å². The first kappa shape index (κ1) is 19.9. The Hall–Kier alpha value is -2.86. The van der Waals surface area contributed by atoms with Gasteiger partial charge >= 0.3 is 6.03 Å². The van der Waals surface area contributed by atoms with Crippen LogP contribution in [-0.4, -0.2) is 41.0 Å². The van der Waals surface area contributed by atoms with Gasteiger partial charge in [0.1, 0.15) is 0 Å². The maximum atomic E-state index is 12.9. The van der Waals surface area contributed by atoms with Crippen molar-refractivity contribution in [2.75, 3.05) is 20.3 Å². The molecule has 6 heteroatoms. The molecule has 3 aromatic rings. The number of carbonyl (C=O) groups is 1. The minimum atomic E-state index is -0.103. The Morgan fingerprint density at radius 1 is 1.18 bits per heavy atom. The van der Waals surface area contributed by atoms with Gasteiger partial charge in [-0.1, -0.05) is 42.5 Å². The quantitative estimate of drug-likeness (QED) is 0.648. The molecular weight excluding hydrogens is 352 g/mol. The second-order valence-corrected chi connectivity index (χ2v) is 6.78. The average Bonchev–Trinajstić information content (AvgIpc) is 3.08. The number of ether oxygens (including phenoxy) is 1. The normalized spacial score (nSPS) is 11.0. The number of nitrogens with one attached hydrogen (secondary N) is 1. The molecule has 0 unspecified atom stereocenters. The highest BCUT2D eigenvalue weighted by atomic mass is 16.5. The summed E-state index contributed by atoms with van der Waals surface area (Å²) in [4.78, 5) is 14.7. The van der Waals surface area contributed by atoms with Crippen molar-refractivity contribution in [3.63, 3.8) is 0 Å². The van der Waals surface area contributed by atoms with Gasteiger partial charge in [-0.05, 0) is 30.2 Å². The van der Waals surface area contributed by atoms with Gasteiger partial charge in [-0.15, -0.1) is 0 Å². The molecule has 148 valence electrons. The highest BCUT2D eigenvalue weighted by Gasteiger charge is 2.16. The summed E-state index contributed by atoms with van der Waals surface area (Å²) in [6.45, 7) is 6.91. The lowest BCUT2D eigenvalue weighted by Gasteiger charge is -2.23. The number of fused-ring (bicyclic) bond motifs is 1. The summed E-state index contributed by atoms with van der Waals surface area (Å²) in [5, 5.41) is 9.72. The third-order valence-electron chi connectivity index (χ3n) is 5.03. The lowest BCUT2D eigenvalue weighted by molar-refractivity contribution is 0.146. The second kappa shape index (κ2) is 9.37. The Morgan fingerprint density at radius 2 is 1.96 bits per heavy atom. The molecule has 1 N–H and O–H groups in total. The number of urea groups is 1. The van der Waals surface area contributed by atoms with Crippen LogP contribution in [0.25, 0.3) is 10.8 Å². The minimum absolute atomic E-state index is 0.103. The van der Waals surface area contributed by atoms with E-state index in [4.69, 9.17) is 4.74 Å². The summed E-state index contributed by atoms with van der Waals surface area (Å²) >= 11 is 0. The Balaban J connectivity index is 1.73. The van der Waals surface area contributed by atoms with Crippen molar-refractivity contribution in [2.45, 2.75) is 33.5 Å². The molecule has 28 heavy (non-hydrogen) atoms. The molecule has 0 saturated heterocycles. The number of benzene rings is 2. The van der Waals surface area contributed by atoms with Crippen LogP contribution in [0.2, 0.25) is 0 Å². The zero-order valence-electron chi connectivity index (χ0n) is 16.8. The Bertz CT molecular complexity index is 930. The number of hydrogen-bond donors (Lipinski definition) is 1. The fraction of sp³-hybridized carbons (Fsp3) is 0.364. The number of nitrogens with zero attached hydrogens (tertiary/aromatic N) is 3. The van der Waals surface area contributed by atoms with E-state index in [1.165, 1.54) is 10.8 Å². The van der Waals surface area contributed by atoms with Gasteiger partial charge in [-0.3, -0.25) is 4.68 Å². The minimum Gasteiger partial charge on any atom is -0.383 e. The fourth-order valence-corrected chi connectivity index (χ4v) is 3.35. The Morgan fingerprint density at radius 3 is 2.71 bits per heavy atom. The summed E-state index contributed by atoms with van der Waals surface area (Å²) in [6.07, 6.45) is 1.82. The molecule has 1 aromatic heterocycles. The molecule has 0 aliphatic heterocycles. The van der Waals surface area contributed by atoms with Crippen molar-refractivity contribution in [1.82, 2.24) is 20.0 Å². The number of amides is 2. The summed E-state index contributed by atoms with van der Waals surface area (Å²) in [5.74, 6) is 0. The lowest BCUT2D eigenvalue weighted by Crippen LogP contribution is -2.41. The van der Waals surface area contributed by atoms with Gasteiger partial charge in [0.15, 0.2) is 0 Å². The molecule has 2 aromatic carbocycles. The van der Waals surface area contributed by atoms with E-state index in [0.29, 0.717) is 26.2 Å². The fourth-order valence-electron chi connectivity index (χ4n) is 3.35. The SMILES string of the molecule is CCn1ncc(CNC(=O)N(CCOC)Cc2cccc3ccccc23)c1C. The van der Waals surface area contributed by atoms with E-state index in [1.54, 1.807) is 12.0 Å². The van der Waals surface area contributed by atoms with Crippen molar-refractivity contribution in [1.29, 1.82) is 0 Å². The van der Waals surface area contributed by atoms with Gasteiger partial charge in [0.25, 0.3) is 0 Å². The highest BCUT2D eigenvalue weighted by Crippen LogP contribution is 2.20. The summed E-state index contributed by atoms with van der Waals surface area (Å²) < 4.78 is 7.14. The third-order valence-corrected chi connectivity index (χ3v) is 5.03. The maximum Gasteiger partial charge on any atom is 0.318 e. The van der Waals surface area contributed by atoms with Crippen molar-refractivity contribution in [3.8, 4) is 0 Å². The molecule has 6 nitrogen and oxygen atoms in total. The predicted molar refractivity (Wildman–Crippen MR) is 111 cm³/mol. The number of aromatic nitrogens is 2.